The molecule has 0 spiro atoms. The monoisotopic (exact) mass is 265 g/mol. The molecule has 6 nitrogen and oxygen atoms in total. The van der Waals surface area contributed by atoms with Gasteiger partial charge in [0, 0.05) is 13.2 Å². The zero-order valence-electron chi connectivity index (χ0n) is 11.8. The first-order valence-electron chi connectivity index (χ1n) is 6.06. The Kier molecular flexibility index (Phi) is 4.58. The number of amides is 1. The van der Waals surface area contributed by atoms with Gasteiger partial charge in [-0.05, 0) is 19.8 Å². The largest absolute Gasteiger partial charge is 0.480 e. The van der Waals surface area contributed by atoms with Gasteiger partial charge in [-0.1, -0.05) is 13.8 Å². The number of nitrogens with zero attached hydrogens (tertiary/aromatic N) is 3. The van der Waals surface area contributed by atoms with Crippen molar-refractivity contribution < 1.29 is 14.7 Å². The molecular weight excluding hydrogens is 246 g/mol. The second-order valence-corrected chi connectivity index (χ2v) is 4.86. The summed E-state index contributed by atoms with van der Waals surface area (Å²) < 4.78 is 0. The molecule has 1 aromatic rings. The van der Waals surface area contributed by atoms with Gasteiger partial charge < -0.3 is 10.0 Å². The topological polar surface area (TPSA) is 83.4 Å². The third-order valence-corrected chi connectivity index (χ3v) is 2.95. The number of hydrogen-bond acceptors (Lipinski definition) is 4. The zero-order chi connectivity index (χ0) is 14.7. The van der Waals surface area contributed by atoms with E-state index in [9.17, 15) is 14.7 Å². The maximum absolute atomic E-state index is 12.3. The highest BCUT2D eigenvalue weighted by Crippen LogP contribution is 2.14. The van der Waals surface area contributed by atoms with E-state index in [1.54, 1.807) is 27.7 Å². The van der Waals surface area contributed by atoms with Gasteiger partial charge in [-0.3, -0.25) is 4.79 Å². The molecule has 1 amide bonds. The Morgan fingerprint density at radius 1 is 1.32 bits per heavy atom. The number of rotatable bonds is 4. The van der Waals surface area contributed by atoms with E-state index in [0.29, 0.717) is 17.1 Å². The van der Waals surface area contributed by atoms with Gasteiger partial charge in [0.1, 0.15) is 11.9 Å². The maximum atomic E-state index is 12.3. The second-order valence-electron chi connectivity index (χ2n) is 4.86. The Hall–Kier alpha value is -1.98. The van der Waals surface area contributed by atoms with Crippen molar-refractivity contribution in [1.82, 2.24) is 14.9 Å². The lowest BCUT2D eigenvalue weighted by Crippen LogP contribution is -2.45. The fraction of sp³-hybridized carbons (Fsp3) is 0.538. The SMILES string of the molecule is Cc1ncc(C(=O)N(C)C(C(=O)O)C(C)C)c(C)n1. The maximum Gasteiger partial charge on any atom is 0.326 e. The van der Waals surface area contributed by atoms with Crippen molar-refractivity contribution in [2.45, 2.75) is 33.7 Å². The van der Waals surface area contributed by atoms with Crippen molar-refractivity contribution in [2.75, 3.05) is 7.05 Å². The number of likely N-dealkylation sites (N-methyl/N-ethyl adjacent to an activating group) is 1. The van der Waals surface area contributed by atoms with Crippen molar-refractivity contribution in [1.29, 1.82) is 0 Å². The second kappa shape index (κ2) is 5.77. The highest BCUT2D eigenvalue weighted by molar-refractivity contribution is 5.97. The number of carboxylic acid groups (broad SMARTS) is 1. The third kappa shape index (κ3) is 3.27. The first kappa shape index (κ1) is 15.1. The molecule has 0 bridgehead atoms. The summed E-state index contributed by atoms with van der Waals surface area (Å²) in [6.45, 7) is 6.97. The minimum absolute atomic E-state index is 0.182. The van der Waals surface area contributed by atoms with Crippen molar-refractivity contribution >= 4 is 11.9 Å². The Bertz CT molecular complexity index is 500. The summed E-state index contributed by atoms with van der Waals surface area (Å²) in [4.78, 5) is 32.9. The van der Waals surface area contributed by atoms with Gasteiger partial charge in [-0.2, -0.15) is 0 Å². The average molecular weight is 265 g/mol. The molecule has 1 atom stereocenters. The highest BCUT2D eigenvalue weighted by atomic mass is 16.4. The highest BCUT2D eigenvalue weighted by Gasteiger charge is 2.30. The third-order valence-electron chi connectivity index (χ3n) is 2.95. The molecule has 0 saturated heterocycles. The molecule has 19 heavy (non-hydrogen) atoms. The molecule has 6 heteroatoms. The summed E-state index contributed by atoms with van der Waals surface area (Å²) in [5.41, 5.74) is 0.886. The van der Waals surface area contributed by atoms with Crippen LogP contribution in [0.1, 0.15) is 35.7 Å². The average Bonchev–Trinajstić information content (AvgIpc) is 2.26. The van der Waals surface area contributed by atoms with E-state index in [4.69, 9.17) is 0 Å². The van der Waals surface area contributed by atoms with Crippen molar-refractivity contribution in [3.05, 3.63) is 23.3 Å². The fourth-order valence-corrected chi connectivity index (χ4v) is 2.01. The van der Waals surface area contributed by atoms with E-state index in [1.165, 1.54) is 18.1 Å². The molecule has 104 valence electrons. The van der Waals surface area contributed by atoms with Crippen molar-refractivity contribution in [3.63, 3.8) is 0 Å². The summed E-state index contributed by atoms with van der Waals surface area (Å²) in [6, 6.07) is -0.867. The summed E-state index contributed by atoms with van der Waals surface area (Å²) >= 11 is 0. The molecule has 1 N–H and O–H groups in total. The van der Waals surface area contributed by atoms with Crippen molar-refractivity contribution in [3.8, 4) is 0 Å². The summed E-state index contributed by atoms with van der Waals surface area (Å²) in [7, 11) is 1.49. The van der Waals surface area contributed by atoms with E-state index in [-0.39, 0.29) is 11.8 Å². The lowest BCUT2D eigenvalue weighted by molar-refractivity contribution is -0.143. The van der Waals surface area contributed by atoms with Crippen LogP contribution in [0.4, 0.5) is 0 Å². The van der Waals surface area contributed by atoms with Gasteiger partial charge in [0.15, 0.2) is 0 Å². The fourth-order valence-electron chi connectivity index (χ4n) is 2.01. The Morgan fingerprint density at radius 3 is 2.32 bits per heavy atom. The predicted molar refractivity (Wildman–Crippen MR) is 69.9 cm³/mol. The van der Waals surface area contributed by atoms with Crippen LogP contribution < -0.4 is 0 Å². The molecule has 0 fully saturated rings. The van der Waals surface area contributed by atoms with E-state index < -0.39 is 12.0 Å². The molecule has 0 aliphatic heterocycles. The Labute approximate surface area is 112 Å². The molecule has 1 unspecified atom stereocenters. The number of aryl methyl sites for hydroxylation is 2. The van der Waals surface area contributed by atoms with E-state index in [0.717, 1.165) is 0 Å². The van der Waals surface area contributed by atoms with Crippen LogP contribution in [0.25, 0.3) is 0 Å². The number of carbonyl (C=O) groups is 2. The summed E-state index contributed by atoms with van der Waals surface area (Å²) in [6.07, 6.45) is 1.44. The minimum Gasteiger partial charge on any atom is -0.480 e. The van der Waals surface area contributed by atoms with Crippen LogP contribution in [0, 0.1) is 19.8 Å². The molecule has 0 aromatic carbocycles. The summed E-state index contributed by atoms with van der Waals surface area (Å²) in [5.74, 6) is -0.997. The van der Waals surface area contributed by atoms with Crippen molar-refractivity contribution in [2.24, 2.45) is 5.92 Å². The summed E-state index contributed by atoms with van der Waals surface area (Å²) in [5, 5.41) is 9.20. The first-order valence-corrected chi connectivity index (χ1v) is 6.06. The van der Waals surface area contributed by atoms with Crippen LogP contribution >= 0.6 is 0 Å². The van der Waals surface area contributed by atoms with Gasteiger partial charge in [0.25, 0.3) is 5.91 Å². The van der Waals surface area contributed by atoms with Gasteiger partial charge in [0.2, 0.25) is 0 Å². The Balaban J connectivity index is 3.08. The lowest BCUT2D eigenvalue weighted by Gasteiger charge is -2.28. The lowest BCUT2D eigenvalue weighted by atomic mass is 10.0. The zero-order valence-corrected chi connectivity index (χ0v) is 11.8. The standard InChI is InChI=1S/C13H19N3O3/c1-7(2)11(13(18)19)16(5)12(17)10-6-14-9(4)15-8(10)3/h6-7,11H,1-5H3,(H,18,19). The quantitative estimate of drug-likeness (QED) is 0.886. The number of hydrogen-bond donors (Lipinski definition) is 1. The molecule has 1 rings (SSSR count). The van der Waals surface area contributed by atoms with Gasteiger partial charge in [-0.15, -0.1) is 0 Å². The number of carboxylic acids is 1. The van der Waals surface area contributed by atoms with Gasteiger partial charge in [-0.25, -0.2) is 14.8 Å². The number of carbonyl (C=O) groups excluding carboxylic acids is 1. The minimum atomic E-state index is -1.02. The molecule has 0 radical (unpaired) electrons. The van der Waals surface area contributed by atoms with E-state index >= 15 is 0 Å². The normalized spacial score (nSPS) is 12.3. The molecule has 1 aromatic heterocycles. The van der Waals surface area contributed by atoms with Crippen LogP contribution in [0.2, 0.25) is 0 Å². The van der Waals surface area contributed by atoms with Crippen LogP contribution in [0.3, 0.4) is 0 Å². The van der Waals surface area contributed by atoms with Gasteiger partial charge >= 0.3 is 5.97 Å². The van der Waals surface area contributed by atoms with Crippen LogP contribution in [0.15, 0.2) is 6.20 Å². The number of aromatic nitrogens is 2. The van der Waals surface area contributed by atoms with Crippen LogP contribution in [-0.2, 0) is 4.79 Å². The van der Waals surface area contributed by atoms with Crippen LogP contribution in [-0.4, -0.2) is 44.9 Å². The molecule has 0 saturated carbocycles. The number of aliphatic carboxylic acids is 1. The Morgan fingerprint density at radius 2 is 1.89 bits per heavy atom. The van der Waals surface area contributed by atoms with Crippen LogP contribution in [0.5, 0.6) is 0 Å². The molecule has 0 aliphatic carbocycles. The van der Waals surface area contributed by atoms with Gasteiger partial charge in [0.05, 0.1) is 11.3 Å². The molecular formula is C13H19N3O3. The first-order chi connectivity index (χ1) is 8.75. The molecule has 1 heterocycles. The van der Waals surface area contributed by atoms with E-state index in [2.05, 4.69) is 9.97 Å². The predicted octanol–water partition coefficient (Wildman–Crippen LogP) is 1.27. The smallest absolute Gasteiger partial charge is 0.326 e. The molecule has 0 aliphatic rings. The van der Waals surface area contributed by atoms with E-state index in [1.807, 2.05) is 0 Å².